The van der Waals surface area contributed by atoms with Crippen molar-refractivity contribution in [3.05, 3.63) is 11.7 Å². The van der Waals surface area contributed by atoms with Crippen molar-refractivity contribution in [3.63, 3.8) is 0 Å². The zero-order valence-electron chi connectivity index (χ0n) is 13.3. The fourth-order valence-corrected chi connectivity index (χ4v) is 2.42. The maximum atomic E-state index is 12.4. The Morgan fingerprint density at radius 3 is 2.27 bits per heavy atom. The van der Waals surface area contributed by atoms with Gasteiger partial charge in [0.05, 0.1) is 13.1 Å². The first-order valence-corrected chi connectivity index (χ1v) is 7.48. The van der Waals surface area contributed by atoms with E-state index >= 15 is 0 Å². The third-order valence-corrected chi connectivity index (χ3v) is 3.56. The zero-order valence-corrected chi connectivity index (χ0v) is 13.3. The van der Waals surface area contributed by atoms with Crippen LogP contribution in [0.5, 0.6) is 0 Å². The van der Waals surface area contributed by atoms with E-state index in [1.165, 1.54) is 4.90 Å². The van der Waals surface area contributed by atoms with Gasteiger partial charge in [0.1, 0.15) is 0 Å². The Kier molecular flexibility index (Phi) is 5.11. The summed E-state index contributed by atoms with van der Waals surface area (Å²) in [5.41, 5.74) is -0.201. The fraction of sp³-hybridized carbons (Fsp3) is 0.857. The van der Waals surface area contributed by atoms with Gasteiger partial charge in [0.2, 0.25) is 5.89 Å². The van der Waals surface area contributed by atoms with Crippen LogP contribution in [0, 0.1) is 0 Å². The molecule has 0 radical (unpaired) electrons. The van der Waals surface area contributed by atoms with E-state index in [4.69, 9.17) is 4.52 Å². The molecule has 1 saturated heterocycles. The molecular formula is C14H23F3N4O. The molecule has 22 heavy (non-hydrogen) atoms. The van der Waals surface area contributed by atoms with Crippen LogP contribution in [0.4, 0.5) is 13.2 Å². The van der Waals surface area contributed by atoms with Crippen LogP contribution in [-0.4, -0.2) is 58.8 Å². The highest BCUT2D eigenvalue weighted by Gasteiger charge is 2.31. The van der Waals surface area contributed by atoms with Gasteiger partial charge in [-0.15, -0.1) is 0 Å². The van der Waals surface area contributed by atoms with Crippen LogP contribution < -0.4 is 0 Å². The topological polar surface area (TPSA) is 45.4 Å². The summed E-state index contributed by atoms with van der Waals surface area (Å²) in [7, 11) is 0. The lowest BCUT2D eigenvalue weighted by molar-refractivity contribution is -0.145. The van der Waals surface area contributed by atoms with Crippen molar-refractivity contribution in [3.8, 4) is 0 Å². The summed E-state index contributed by atoms with van der Waals surface area (Å²) < 4.78 is 42.6. The molecule has 0 bridgehead atoms. The van der Waals surface area contributed by atoms with Crippen LogP contribution >= 0.6 is 0 Å². The molecule has 0 N–H and O–H groups in total. The maximum absolute atomic E-state index is 12.4. The Balaban J connectivity index is 1.88. The third-order valence-electron chi connectivity index (χ3n) is 3.56. The second kappa shape index (κ2) is 6.54. The highest BCUT2D eigenvalue weighted by Crippen LogP contribution is 2.21. The number of hydrogen-bond acceptors (Lipinski definition) is 5. The number of nitrogens with zero attached hydrogens (tertiary/aromatic N) is 4. The summed E-state index contributed by atoms with van der Waals surface area (Å²) in [4.78, 5) is 7.90. The molecule has 1 aromatic rings. The molecule has 2 heterocycles. The number of alkyl halides is 3. The van der Waals surface area contributed by atoms with E-state index in [-0.39, 0.29) is 5.41 Å². The number of rotatable bonds is 3. The molecule has 1 aliphatic rings. The van der Waals surface area contributed by atoms with Crippen LogP contribution in [0.3, 0.4) is 0 Å². The second-order valence-electron chi connectivity index (χ2n) is 6.79. The average molecular weight is 320 g/mol. The van der Waals surface area contributed by atoms with Crippen molar-refractivity contribution in [1.82, 2.24) is 19.9 Å². The molecule has 0 spiro atoms. The van der Waals surface area contributed by atoms with Crippen LogP contribution in [0.25, 0.3) is 0 Å². The molecular weight excluding hydrogens is 297 g/mol. The molecule has 5 nitrogen and oxygen atoms in total. The van der Waals surface area contributed by atoms with E-state index in [0.717, 1.165) is 6.54 Å². The maximum Gasteiger partial charge on any atom is 0.401 e. The summed E-state index contributed by atoms with van der Waals surface area (Å²) in [6.07, 6.45) is -3.43. The molecule has 0 aliphatic carbocycles. The van der Waals surface area contributed by atoms with E-state index < -0.39 is 12.7 Å². The van der Waals surface area contributed by atoms with Gasteiger partial charge in [-0.1, -0.05) is 25.9 Å². The summed E-state index contributed by atoms with van der Waals surface area (Å²) >= 11 is 0. The van der Waals surface area contributed by atoms with E-state index in [9.17, 15) is 13.2 Å². The fourth-order valence-electron chi connectivity index (χ4n) is 2.42. The smallest absolute Gasteiger partial charge is 0.339 e. The minimum atomic E-state index is -4.13. The number of aromatic nitrogens is 2. The molecule has 1 aromatic heterocycles. The first-order chi connectivity index (χ1) is 10.1. The highest BCUT2D eigenvalue weighted by atomic mass is 19.4. The van der Waals surface area contributed by atoms with Gasteiger partial charge in [0, 0.05) is 18.5 Å². The minimum absolute atomic E-state index is 0.201. The number of halogens is 3. The molecule has 0 amide bonds. The molecule has 2 rings (SSSR count). The van der Waals surface area contributed by atoms with Crippen molar-refractivity contribution in [1.29, 1.82) is 0 Å². The first-order valence-electron chi connectivity index (χ1n) is 7.48. The molecule has 126 valence electrons. The average Bonchev–Trinajstić information content (AvgIpc) is 2.72. The molecule has 8 heteroatoms. The normalized spacial score (nSPS) is 19.4. The van der Waals surface area contributed by atoms with Crippen molar-refractivity contribution >= 4 is 0 Å². The van der Waals surface area contributed by atoms with Gasteiger partial charge in [-0.2, -0.15) is 18.2 Å². The van der Waals surface area contributed by atoms with Crippen molar-refractivity contribution in [2.45, 2.75) is 45.3 Å². The predicted molar refractivity (Wildman–Crippen MR) is 75.4 cm³/mol. The van der Waals surface area contributed by atoms with Gasteiger partial charge in [0.25, 0.3) is 0 Å². The van der Waals surface area contributed by atoms with Crippen LogP contribution in [-0.2, 0) is 12.0 Å². The Labute approximate surface area is 128 Å². The van der Waals surface area contributed by atoms with Gasteiger partial charge < -0.3 is 4.52 Å². The Bertz CT molecular complexity index is 481. The largest absolute Gasteiger partial charge is 0.401 e. The Morgan fingerprint density at radius 2 is 1.68 bits per heavy atom. The quantitative estimate of drug-likeness (QED) is 0.856. The van der Waals surface area contributed by atoms with E-state index in [1.54, 1.807) is 0 Å². The lowest BCUT2D eigenvalue weighted by Gasteiger charge is -2.22. The van der Waals surface area contributed by atoms with E-state index in [0.29, 0.717) is 44.3 Å². The lowest BCUT2D eigenvalue weighted by atomic mass is 9.97. The molecule has 1 aliphatic heterocycles. The van der Waals surface area contributed by atoms with Gasteiger partial charge in [-0.3, -0.25) is 9.80 Å². The van der Waals surface area contributed by atoms with Gasteiger partial charge in [-0.05, 0) is 19.5 Å². The van der Waals surface area contributed by atoms with E-state index in [1.807, 2.05) is 20.8 Å². The molecule has 1 fully saturated rings. The van der Waals surface area contributed by atoms with Crippen molar-refractivity contribution < 1.29 is 17.7 Å². The summed E-state index contributed by atoms with van der Waals surface area (Å²) in [5.74, 6) is 1.17. The number of hydrogen-bond donors (Lipinski definition) is 0. The van der Waals surface area contributed by atoms with Gasteiger partial charge >= 0.3 is 6.18 Å². The highest BCUT2D eigenvalue weighted by molar-refractivity contribution is 4.98. The Hall–Kier alpha value is -1.15. The van der Waals surface area contributed by atoms with Crippen LogP contribution in [0.15, 0.2) is 4.52 Å². The predicted octanol–water partition coefficient (Wildman–Crippen LogP) is 2.44. The zero-order chi connectivity index (χ0) is 16.4. The summed E-state index contributed by atoms with van der Waals surface area (Å²) in [5, 5.41) is 3.96. The summed E-state index contributed by atoms with van der Waals surface area (Å²) in [6, 6.07) is 0. The monoisotopic (exact) mass is 320 g/mol. The Morgan fingerprint density at radius 1 is 1.05 bits per heavy atom. The third kappa shape index (κ3) is 5.24. The lowest BCUT2D eigenvalue weighted by Crippen LogP contribution is -2.37. The SMILES string of the molecule is CC(C)(C)c1nc(CN2CCCN(CC(F)(F)F)CC2)no1. The molecule has 0 atom stereocenters. The van der Waals surface area contributed by atoms with Crippen molar-refractivity contribution in [2.75, 3.05) is 32.7 Å². The second-order valence-corrected chi connectivity index (χ2v) is 6.79. The first kappa shape index (κ1) is 17.2. The molecule has 0 aromatic carbocycles. The van der Waals surface area contributed by atoms with Crippen LogP contribution in [0.2, 0.25) is 0 Å². The minimum Gasteiger partial charge on any atom is -0.339 e. The molecule has 0 saturated carbocycles. The summed E-state index contributed by atoms with van der Waals surface area (Å²) in [6.45, 7) is 7.85. The van der Waals surface area contributed by atoms with Crippen molar-refractivity contribution in [2.24, 2.45) is 0 Å². The molecule has 0 unspecified atom stereocenters. The standard InChI is InChI=1S/C14H23F3N4O/c1-13(2,3)12-18-11(19-22-12)9-20-5-4-6-21(8-7-20)10-14(15,16)17/h4-10H2,1-3H3. The van der Waals surface area contributed by atoms with Gasteiger partial charge in [0.15, 0.2) is 5.82 Å². The van der Waals surface area contributed by atoms with Crippen LogP contribution in [0.1, 0.15) is 38.9 Å². The van der Waals surface area contributed by atoms with E-state index in [2.05, 4.69) is 15.0 Å². The van der Waals surface area contributed by atoms with Gasteiger partial charge in [-0.25, -0.2) is 0 Å².